The number of amides is 1. The van der Waals surface area contributed by atoms with E-state index in [2.05, 4.69) is 4.72 Å². The monoisotopic (exact) mass is 394 g/mol. The highest BCUT2D eigenvalue weighted by Crippen LogP contribution is 2.22. The summed E-state index contributed by atoms with van der Waals surface area (Å²) in [5.41, 5.74) is -0.439. The number of carbonyl (C=O) groups is 1. The summed E-state index contributed by atoms with van der Waals surface area (Å²) in [7, 11) is -3.60. The zero-order valence-electron chi connectivity index (χ0n) is 14.5. The fraction of sp³-hybridized carbons (Fsp3) is 0.389. The molecule has 0 unspecified atom stereocenters. The fourth-order valence-electron chi connectivity index (χ4n) is 2.92. The summed E-state index contributed by atoms with van der Waals surface area (Å²) in [5.74, 6) is -0.197. The molecule has 140 valence electrons. The van der Waals surface area contributed by atoms with Crippen LogP contribution in [-0.2, 0) is 16.4 Å². The highest BCUT2D eigenvalue weighted by molar-refractivity contribution is 7.89. The number of sulfonamides is 1. The van der Waals surface area contributed by atoms with Gasteiger partial charge < -0.3 is 10.0 Å². The van der Waals surface area contributed by atoms with Crippen LogP contribution in [0.2, 0.25) is 0 Å². The molecule has 8 heteroatoms. The first kappa shape index (κ1) is 19.0. The van der Waals surface area contributed by atoms with Gasteiger partial charge in [-0.2, -0.15) is 0 Å². The van der Waals surface area contributed by atoms with Gasteiger partial charge in [-0.05, 0) is 55.5 Å². The Morgan fingerprint density at radius 2 is 2.04 bits per heavy atom. The summed E-state index contributed by atoms with van der Waals surface area (Å²) in [6, 6.07) is 9.81. The summed E-state index contributed by atoms with van der Waals surface area (Å²) in [5, 5.41) is 11.9. The average Bonchev–Trinajstić information content (AvgIpc) is 3.23. The molecule has 26 heavy (non-hydrogen) atoms. The molecule has 0 bridgehead atoms. The lowest BCUT2D eigenvalue weighted by molar-refractivity contribution is 0.0572. The van der Waals surface area contributed by atoms with Crippen LogP contribution in [0.15, 0.2) is 46.7 Å². The molecule has 1 aliphatic heterocycles. The van der Waals surface area contributed by atoms with Gasteiger partial charge in [0.05, 0.1) is 10.5 Å². The van der Waals surface area contributed by atoms with Crippen LogP contribution < -0.4 is 4.72 Å². The molecular weight excluding hydrogens is 372 g/mol. The smallest absolute Gasteiger partial charge is 0.253 e. The number of nitrogens with zero attached hydrogens (tertiary/aromatic N) is 1. The van der Waals surface area contributed by atoms with Crippen molar-refractivity contribution in [3.8, 4) is 0 Å². The minimum atomic E-state index is -3.60. The molecule has 3 rings (SSSR count). The van der Waals surface area contributed by atoms with Gasteiger partial charge >= 0.3 is 0 Å². The van der Waals surface area contributed by atoms with Crippen LogP contribution in [0.25, 0.3) is 0 Å². The number of aliphatic hydroxyl groups is 1. The van der Waals surface area contributed by atoms with Crippen LogP contribution >= 0.6 is 11.3 Å². The van der Waals surface area contributed by atoms with Crippen LogP contribution in [0.3, 0.4) is 0 Å². The third kappa shape index (κ3) is 4.50. The number of nitrogens with one attached hydrogen (secondary N) is 1. The molecule has 1 amide bonds. The highest BCUT2D eigenvalue weighted by Gasteiger charge is 2.34. The van der Waals surface area contributed by atoms with Crippen molar-refractivity contribution in [1.29, 1.82) is 0 Å². The maximum atomic E-state index is 12.5. The number of hydrogen-bond donors (Lipinski definition) is 2. The van der Waals surface area contributed by atoms with Gasteiger partial charge in [0.2, 0.25) is 10.0 Å². The van der Waals surface area contributed by atoms with Crippen LogP contribution in [-0.4, -0.2) is 49.6 Å². The Labute approximate surface area is 157 Å². The van der Waals surface area contributed by atoms with Crippen molar-refractivity contribution in [1.82, 2.24) is 9.62 Å². The van der Waals surface area contributed by atoms with Crippen LogP contribution in [0, 0.1) is 0 Å². The van der Waals surface area contributed by atoms with Gasteiger partial charge in [0, 0.05) is 30.1 Å². The Morgan fingerprint density at radius 1 is 1.31 bits per heavy atom. The van der Waals surface area contributed by atoms with E-state index in [1.807, 2.05) is 17.5 Å². The van der Waals surface area contributed by atoms with E-state index in [1.54, 1.807) is 23.2 Å². The Morgan fingerprint density at radius 3 is 2.62 bits per heavy atom. The third-order valence-electron chi connectivity index (χ3n) is 4.39. The van der Waals surface area contributed by atoms with Crippen LogP contribution in [0.5, 0.6) is 0 Å². The van der Waals surface area contributed by atoms with E-state index < -0.39 is 15.6 Å². The molecule has 6 nitrogen and oxygen atoms in total. The van der Waals surface area contributed by atoms with Crippen molar-refractivity contribution < 1.29 is 18.3 Å². The predicted molar refractivity (Wildman–Crippen MR) is 101 cm³/mol. The van der Waals surface area contributed by atoms with E-state index in [0.717, 1.165) is 4.88 Å². The van der Waals surface area contributed by atoms with Crippen molar-refractivity contribution in [3.63, 3.8) is 0 Å². The summed E-state index contributed by atoms with van der Waals surface area (Å²) in [6.07, 6.45) is 1.18. The minimum Gasteiger partial charge on any atom is -0.388 e. The lowest BCUT2D eigenvalue weighted by Gasteiger charge is -2.19. The molecule has 2 heterocycles. The second-order valence-electron chi connectivity index (χ2n) is 6.73. The van der Waals surface area contributed by atoms with E-state index in [4.69, 9.17) is 0 Å². The van der Waals surface area contributed by atoms with Gasteiger partial charge in [-0.3, -0.25) is 4.79 Å². The Balaban J connectivity index is 1.62. The second-order valence-corrected chi connectivity index (χ2v) is 9.52. The van der Waals surface area contributed by atoms with Gasteiger partial charge in [0.15, 0.2) is 0 Å². The lowest BCUT2D eigenvalue weighted by atomic mass is 10.1. The maximum absolute atomic E-state index is 12.5. The number of carbonyl (C=O) groups excluding carboxylic acids is 1. The SMILES string of the molecule is C[C@@]1(O)CCN(C(=O)c2ccc(S(=O)(=O)NCCc3cccs3)cc2)C1. The first-order valence-electron chi connectivity index (χ1n) is 8.41. The molecule has 1 aromatic heterocycles. The standard InChI is InChI=1S/C18H22N2O4S2/c1-18(22)9-11-20(13-18)17(21)14-4-6-16(7-5-14)26(23,24)19-10-8-15-3-2-12-25-15/h2-7,12,19,22H,8-11,13H2,1H3/t18-/m1/s1. The van der Waals surface area contributed by atoms with E-state index in [-0.39, 0.29) is 17.3 Å². The molecule has 2 N–H and O–H groups in total. The van der Waals surface area contributed by atoms with E-state index in [1.165, 1.54) is 24.3 Å². The Hall–Kier alpha value is -1.74. The summed E-state index contributed by atoms with van der Waals surface area (Å²) < 4.78 is 27.3. The molecular formula is C18H22N2O4S2. The molecule has 0 spiro atoms. The molecule has 1 aromatic carbocycles. The van der Waals surface area contributed by atoms with Crippen LogP contribution in [0.1, 0.15) is 28.6 Å². The van der Waals surface area contributed by atoms with Crippen molar-refractivity contribution in [3.05, 3.63) is 52.2 Å². The van der Waals surface area contributed by atoms with E-state index in [0.29, 0.717) is 31.5 Å². The number of β-amino-alcohol motifs (C(OH)–C–C–N with tert-alkyl or cyclic N) is 1. The quantitative estimate of drug-likeness (QED) is 0.783. The minimum absolute atomic E-state index is 0.133. The largest absolute Gasteiger partial charge is 0.388 e. The molecule has 1 fully saturated rings. The summed E-state index contributed by atoms with van der Waals surface area (Å²) in [4.78, 5) is 15.3. The van der Waals surface area contributed by atoms with Gasteiger partial charge in [-0.15, -0.1) is 11.3 Å². The molecule has 0 radical (unpaired) electrons. The second kappa shape index (κ2) is 7.48. The Kier molecular flexibility index (Phi) is 5.47. The highest BCUT2D eigenvalue weighted by atomic mass is 32.2. The van der Waals surface area contributed by atoms with E-state index >= 15 is 0 Å². The first-order valence-corrected chi connectivity index (χ1v) is 10.8. The van der Waals surface area contributed by atoms with Crippen molar-refractivity contribution in [2.75, 3.05) is 19.6 Å². The summed E-state index contributed by atoms with van der Waals surface area (Å²) >= 11 is 1.59. The fourth-order valence-corrected chi connectivity index (χ4v) is 4.67. The average molecular weight is 395 g/mol. The lowest BCUT2D eigenvalue weighted by Crippen LogP contribution is -2.33. The zero-order chi connectivity index (χ0) is 18.8. The summed E-state index contributed by atoms with van der Waals surface area (Å²) in [6.45, 7) is 2.82. The van der Waals surface area contributed by atoms with Gasteiger partial charge in [-0.25, -0.2) is 13.1 Å². The molecule has 1 atom stereocenters. The third-order valence-corrected chi connectivity index (χ3v) is 6.81. The molecule has 1 aliphatic rings. The molecule has 2 aromatic rings. The van der Waals surface area contributed by atoms with Gasteiger partial charge in [0.1, 0.15) is 0 Å². The van der Waals surface area contributed by atoms with Gasteiger partial charge in [-0.1, -0.05) is 6.07 Å². The number of benzene rings is 1. The Bertz CT molecular complexity index is 859. The predicted octanol–water partition coefficient (Wildman–Crippen LogP) is 1.87. The van der Waals surface area contributed by atoms with Crippen molar-refractivity contribution >= 4 is 27.3 Å². The zero-order valence-corrected chi connectivity index (χ0v) is 16.1. The topological polar surface area (TPSA) is 86.7 Å². The number of thiophene rings is 1. The number of hydrogen-bond acceptors (Lipinski definition) is 5. The molecule has 0 saturated carbocycles. The molecule has 1 saturated heterocycles. The van der Waals surface area contributed by atoms with Crippen molar-refractivity contribution in [2.45, 2.75) is 30.3 Å². The molecule has 0 aliphatic carbocycles. The van der Waals surface area contributed by atoms with Crippen LogP contribution in [0.4, 0.5) is 0 Å². The number of rotatable bonds is 6. The first-order chi connectivity index (χ1) is 12.3. The van der Waals surface area contributed by atoms with Gasteiger partial charge in [0.25, 0.3) is 5.91 Å². The maximum Gasteiger partial charge on any atom is 0.253 e. The number of likely N-dealkylation sites (tertiary alicyclic amines) is 1. The van der Waals surface area contributed by atoms with Crippen molar-refractivity contribution in [2.24, 2.45) is 0 Å². The normalized spacial score (nSPS) is 20.5. The van der Waals surface area contributed by atoms with E-state index in [9.17, 15) is 18.3 Å².